The van der Waals surface area contributed by atoms with Gasteiger partial charge < -0.3 is 9.80 Å². The third-order valence-corrected chi connectivity index (χ3v) is 6.53. The Balaban J connectivity index is 1.49. The van der Waals surface area contributed by atoms with Gasteiger partial charge in [-0.25, -0.2) is 0 Å². The Morgan fingerprint density at radius 2 is 1.97 bits per heavy atom. The molecule has 0 spiro atoms. The Bertz CT molecular complexity index is 1030. The molecule has 1 amide bonds. The number of benzene rings is 1. The second kappa shape index (κ2) is 7.26. The molecule has 29 heavy (non-hydrogen) atoms. The molecule has 6 heteroatoms. The predicted octanol–water partition coefficient (Wildman–Crippen LogP) is 3.12. The lowest BCUT2D eigenvalue weighted by Crippen LogP contribution is -2.36. The minimum atomic E-state index is 0.0749. The zero-order valence-electron chi connectivity index (χ0n) is 17.0. The van der Waals surface area contributed by atoms with Gasteiger partial charge in [0.25, 0.3) is 5.91 Å². The number of pyridine rings is 1. The minimum Gasteiger partial charge on any atom is -0.331 e. The standard InChI is InChI=1S/C23H27N5O/c1-3-9-27-13-18-14-28(22(19(18)15-27)16-7-5-4-6-8-16)23(29)17-10-21-20(24-11-17)12-25-26(21)2/h4-8,10-12,18-19,22H,3,9,13-15H2,1-2H3/t18-,19-,22+/m0/s1. The molecule has 150 valence electrons. The molecule has 0 unspecified atom stereocenters. The summed E-state index contributed by atoms with van der Waals surface area (Å²) in [5, 5.41) is 4.25. The lowest BCUT2D eigenvalue weighted by atomic mass is 9.89. The molecule has 3 atom stereocenters. The van der Waals surface area contributed by atoms with Gasteiger partial charge >= 0.3 is 0 Å². The van der Waals surface area contributed by atoms with Gasteiger partial charge in [0.15, 0.2) is 0 Å². The Labute approximate surface area is 171 Å². The molecule has 0 aliphatic carbocycles. The third-order valence-electron chi connectivity index (χ3n) is 6.53. The molecule has 0 N–H and O–H groups in total. The van der Waals surface area contributed by atoms with Crippen LogP contribution in [-0.4, -0.2) is 56.7 Å². The summed E-state index contributed by atoms with van der Waals surface area (Å²) in [4.78, 5) is 22.7. The first-order valence-electron chi connectivity index (χ1n) is 10.5. The van der Waals surface area contributed by atoms with Crippen LogP contribution in [0.2, 0.25) is 0 Å². The predicted molar refractivity (Wildman–Crippen MR) is 112 cm³/mol. The molecule has 1 aromatic carbocycles. The Morgan fingerprint density at radius 1 is 1.14 bits per heavy atom. The van der Waals surface area contributed by atoms with Gasteiger partial charge in [0, 0.05) is 38.8 Å². The maximum Gasteiger partial charge on any atom is 0.256 e. The largest absolute Gasteiger partial charge is 0.331 e. The fourth-order valence-corrected chi connectivity index (χ4v) is 5.23. The van der Waals surface area contributed by atoms with E-state index in [0.29, 0.717) is 17.4 Å². The van der Waals surface area contributed by atoms with Crippen molar-refractivity contribution >= 4 is 16.9 Å². The van der Waals surface area contributed by atoms with Crippen molar-refractivity contribution in [2.24, 2.45) is 18.9 Å². The molecule has 0 bridgehead atoms. The van der Waals surface area contributed by atoms with E-state index in [2.05, 4.69) is 51.1 Å². The lowest BCUT2D eigenvalue weighted by Gasteiger charge is -2.30. The fraction of sp³-hybridized carbons (Fsp3) is 0.435. The number of fused-ring (bicyclic) bond motifs is 2. The van der Waals surface area contributed by atoms with Gasteiger partial charge in [-0.05, 0) is 30.5 Å². The molecule has 2 saturated heterocycles. The summed E-state index contributed by atoms with van der Waals surface area (Å²) in [6, 6.07) is 12.6. The van der Waals surface area contributed by atoms with Crippen LogP contribution in [0, 0.1) is 11.8 Å². The Hall–Kier alpha value is -2.73. The maximum absolute atomic E-state index is 13.6. The van der Waals surface area contributed by atoms with E-state index in [0.717, 1.165) is 37.2 Å². The van der Waals surface area contributed by atoms with Crippen LogP contribution in [0.5, 0.6) is 0 Å². The first kappa shape index (κ1) is 18.3. The van der Waals surface area contributed by atoms with Crippen LogP contribution in [0.3, 0.4) is 0 Å². The third kappa shape index (κ3) is 3.12. The highest BCUT2D eigenvalue weighted by atomic mass is 16.2. The highest BCUT2D eigenvalue weighted by Crippen LogP contribution is 2.45. The van der Waals surface area contributed by atoms with Crippen molar-refractivity contribution in [1.29, 1.82) is 0 Å². The summed E-state index contributed by atoms with van der Waals surface area (Å²) < 4.78 is 1.77. The minimum absolute atomic E-state index is 0.0749. The number of carbonyl (C=O) groups excluding carboxylic acids is 1. The van der Waals surface area contributed by atoms with Gasteiger partial charge in [-0.3, -0.25) is 14.5 Å². The van der Waals surface area contributed by atoms with Crippen molar-refractivity contribution in [3.63, 3.8) is 0 Å². The van der Waals surface area contributed by atoms with Gasteiger partial charge in [0.2, 0.25) is 0 Å². The first-order chi connectivity index (χ1) is 14.2. The Kier molecular flexibility index (Phi) is 4.59. The molecule has 2 fully saturated rings. The number of amides is 1. The molecule has 0 saturated carbocycles. The van der Waals surface area contributed by atoms with Crippen LogP contribution in [0.15, 0.2) is 48.8 Å². The van der Waals surface area contributed by atoms with E-state index in [9.17, 15) is 4.79 Å². The van der Waals surface area contributed by atoms with Gasteiger partial charge in [-0.1, -0.05) is 37.3 Å². The second-order valence-corrected chi connectivity index (χ2v) is 8.39. The monoisotopic (exact) mass is 389 g/mol. The van der Waals surface area contributed by atoms with Gasteiger partial charge in [0.05, 0.1) is 23.3 Å². The van der Waals surface area contributed by atoms with E-state index >= 15 is 0 Å². The molecule has 0 radical (unpaired) electrons. The number of hydrogen-bond acceptors (Lipinski definition) is 4. The summed E-state index contributed by atoms with van der Waals surface area (Å²) in [7, 11) is 1.88. The summed E-state index contributed by atoms with van der Waals surface area (Å²) in [6.07, 6.45) is 4.61. The van der Waals surface area contributed by atoms with Gasteiger partial charge in [0.1, 0.15) is 5.52 Å². The number of rotatable bonds is 4. The van der Waals surface area contributed by atoms with E-state index in [4.69, 9.17) is 0 Å². The molecule has 5 rings (SSSR count). The first-order valence-corrected chi connectivity index (χ1v) is 10.5. The normalized spacial score (nSPS) is 24.3. The van der Waals surface area contributed by atoms with Crippen molar-refractivity contribution < 1.29 is 4.79 Å². The topological polar surface area (TPSA) is 54.3 Å². The number of nitrogens with zero attached hydrogens (tertiary/aromatic N) is 5. The van der Waals surface area contributed by atoms with Crippen molar-refractivity contribution in [2.75, 3.05) is 26.2 Å². The van der Waals surface area contributed by atoms with Crippen molar-refractivity contribution in [2.45, 2.75) is 19.4 Å². The number of likely N-dealkylation sites (tertiary alicyclic amines) is 2. The van der Waals surface area contributed by atoms with E-state index in [-0.39, 0.29) is 11.9 Å². The van der Waals surface area contributed by atoms with Crippen molar-refractivity contribution in [1.82, 2.24) is 24.6 Å². The molecule has 6 nitrogen and oxygen atoms in total. The smallest absolute Gasteiger partial charge is 0.256 e. The number of carbonyl (C=O) groups is 1. The van der Waals surface area contributed by atoms with Crippen LogP contribution in [0.4, 0.5) is 0 Å². The van der Waals surface area contributed by atoms with Gasteiger partial charge in [-0.2, -0.15) is 5.10 Å². The van der Waals surface area contributed by atoms with E-state index in [1.807, 2.05) is 19.2 Å². The zero-order valence-corrected chi connectivity index (χ0v) is 17.0. The van der Waals surface area contributed by atoms with E-state index in [1.54, 1.807) is 17.1 Å². The zero-order chi connectivity index (χ0) is 20.0. The second-order valence-electron chi connectivity index (χ2n) is 8.39. The highest BCUT2D eigenvalue weighted by Gasteiger charge is 2.48. The number of hydrogen-bond donors (Lipinski definition) is 0. The van der Waals surface area contributed by atoms with Crippen LogP contribution in [-0.2, 0) is 7.05 Å². The van der Waals surface area contributed by atoms with Gasteiger partial charge in [-0.15, -0.1) is 0 Å². The fourth-order valence-electron chi connectivity index (χ4n) is 5.23. The van der Waals surface area contributed by atoms with E-state index in [1.165, 1.54) is 12.0 Å². The van der Waals surface area contributed by atoms with E-state index < -0.39 is 0 Å². The van der Waals surface area contributed by atoms with Crippen molar-refractivity contribution in [3.05, 3.63) is 59.9 Å². The molecular weight excluding hydrogens is 362 g/mol. The summed E-state index contributed by atoms with van der Waals surface area (Å²) in [5.41, 5.74) is 3.59. The Morgan fingerprint density at radius 3 is 2.76 bits per heavy atom. The quantitative estimate of drug-likeness (QED) is 0.688. The number of aryl methyl sites for hydroxylation is 1. The van der Waals surface area contributed by atoms with Crippen LogP contribution >= 0.6 is 0 Å². The summed E-state index contributed by atoms with van der Waals surface area (Å²) in [6.45, 7) is 6.35. The van der Waals surface area contributed by atoms with Crippen LogP contribution < -0.4 is 0 Å². The lowest BCUT2D eigenvalue weighted by molar-refractivity contribution is 0.0700. The molecule has 2 aliphatic rings. The molecular formula is C23H27N5O. The molecule has 2 aromatic heterocycles. The van der Waals surface area contributed by atoms with Crippen molar-refractivity contribution in [3.8, 4) is 0 Å². The maximum atomic E-state index is 13.6. The molecule has 2 aliphatic heterocycles. The number of aromatic nitrogens is 3. The van der Waals surface area contributed by atoms with Crippen LogP contribution in [0.25, 0.3) is 11.0 Å². The molecule has 4 heterocycles. The average Bonchev–Trinajstić information content (AvgIpc) is 3.40. The SMILES string of the molecule is CCCN1C[C@H]2CN(C(=O)c3cnc4cnn(C)c4c3)[C@H](c3ccccc3)[C@H]2C1. The average molecular weight is 390 g/mol. The summed E-state index contributed by atoms with van der Waals surface area (Å²) >= 11 is 0. The summed E-state index contributed by atoms with van der Waals surface area (Å²) in [5.74, 6) is 1.09. The molecule has 3 aromatic rings. The van der Waals surface area contributed by atoms with Crippen LogP contribution in [0.1, 0.15) is 35.3 Å². The highest BCUT2D eigenvalue weighted by molar-refractivity contribution is 5.97.